The van der Waals surface area contributed by atoms with Crippen LogP contribution in [0.5, 0.6) is 0 Å². The first-order valence-electron chi connectivity index (χ1n) is 8.06. The predicted octanol–water partition coefficient (Wildman–Crippen LogP) is 5.94. The highest BCUT2D eigenvalue weighted by molar-refractivity contribution is 7.99. The van der Waals surface area contributed by atoms with E-state index in [-0.39, 0.29) is 5.57 Å². The minimum absolute atomic E-state index is 0.0343. The molecule has 3 aromatic rings. The highest BCUT2D eigenvalue weighted by atomic mass is 35.5. The third kappa shape index (κ3) is 5.27. The van der Waals surface area contributed by atoms with Crippen LogP contribution in [0.15, 0.2) is 80.6 Å². The van der Waals surface area contributed by atoms with Gasteiger partial charge in [-0.3, -0.25) is 4.79 Å². The van der Waals surface area contributed by atoms with Crippen LogP contribution in [0, 0.1) is 18.3 Å². The summed E-state index contributed by atoms with van der Waals surface area (Å²) in [5.41, 5.74) is 1.68. The van der Waals surface area contributed by atoms with Gasteiger partial charge in [0.05, 0.1) is 0 Å². The first kappa shape index (κ1) is 18.8. The molecule has 4 nitrogen and oxygen atoms in total. The summed E-state index contributed by atoms with van der Waals surface area (Å²) >= 11 is 7.30. The van der Waals surface area contributed by atoms with Gasteiger partial charge in [0.1, 0.15) is 17.4 Å². The molecule has 0 aliphatic carbocycles. The van der Waals surface area contributed by atoms with E-state index in [1.165, 1.54) is 17.8 Å². The van der Waals surface area contributed by atoms with Crippen LogP contribution in [-0.2, 0) is 4.79 Å². The van der Waals surface area contributed by atoms with E-state index in [1.54, 1.807) is 36.4 Å². The number of rotatable bonds is 5. The Balaban J connectivity index is 1.71. The summed E-state index contributed by atoms with van der Waals surface area (Å²) in [6.07, 6.45) is 1.43. The van der Waals surface area contributed by atoms with Crippen molar-refractivity contribution in [3.8, 4) is 6.07 Å². The molecular weight excluding hydrogens is 380 g/mol. The summed E-state index contributed by atoms with van der Waals surface area (Å²) in [4.78, 5) is 13.3. The summed E-state index contributed by atoms with van der Waals surface area (Å²) in [6.45, 7) is 1.96. The Morgan fingerprint density at radius 1 is 1.11 bits per heavy atom. The standard InChI is InChI=1S/C21H15ClN2O2S/c1-14-2-6-17(7-3-14)24-21(25)15(13-23)12-18-8-11-20(26-18)27-19-9-4-16(22)5-10-19/h2-12H,1H3,(H,24,25)/b15-12+. The number of nitriles is 1. The number of aryl methyl sites for hydroxylation is 1. The lowest BCUT2D eigenvalue weighted by Crippen LogP contribution is -2.13. The first-order chi connectivity index (χ1) is 13.0. The maximum Gasteiger partial charge on any atom is 0.266 e. The van der Waals surface area contributed by atoms with E-state index in [2.05, 4.69) is 5.32 Å². The predicted molar refractivity (Wildman–Crippen MR) is 108 cm³/mol. The van der Waals surface area contributed by atoms with Crippen molar-refractivity contribution in [2.45, 2.75) is 16.9 Å². The number of carbonyl (C=O) groups is 1. The van der Waals surface area contributed by atoms with Crippen LogP contribution in [0.25, 0.3) is 6.08 Å². The highest BCUT2D eigenvalue weighted by Crippen LogP contribution is 2.30. The Hall–Kier alpha value is -2.94. The van der Waals surface area contributed by atoms with Gasteiger partial charge in [-0.2, -0.15) is 5.26 Å². The van der Waals surface area contributed by atoms with Crippen LogP contribution >= 0.6 is 23.4 Å². The Kier molecular flexibility index (Phi) is 6.02. The third-order valence-corrected chi connectivity index (χ3v) is 4.78. The molecule has 0 spiro atoms. The van der Waals surface area contributed by atoms with Gasteiger partial charge in [-0.25, -0.2) is 0 Å². The smallest absolute Gasteiger partial charge is 0.266 e. The summed E-state index contributed by atoms with van der Waals surface area (Å²) in [6, 6.07) is 20.2. The zero-order valence-electron chi connectivity index (χ0n) is 14.4. The molecule has 0 bridgehead atoms. The Labute approximate surface area is 166 Å². The molecule has 1 amide bonds. The number of furan rings is 1. The van der Waals surface area contributed by atoms with E-state index in [1.807, 2.05) is 37.3 Å². The summed E-state index contributed by atoms with van der Waals surface area (Å²) < 4.78 is 5.69. The maximum absolute atomic E-state index is 12.3. The molecule has 0 atom stereocenters. The molecule has 3 rings (SSSR count). The van der Waals surface area contributed by atoms with E-state index < -0.39 is 5.91 Å². The topological polar surface area (TPSA) is 66.0 Å². The maximum atomic E-state index is 12.3. The fourth-order valence-corrected chi connectivity index (χ4v) is 3.12. The van der Waals surface area contributed by atoms with Gasteiger partial charge in [0.2, 0.25) is 0 Å². The molecule has 0 saturated heterocycles. The first-order valence-corrected chi connectivity index (χ1v) is 9.26. The van der Waals surface area contributed by atoms with E-state index in [0.29, 0.717) is 21.6 Å². The number of amides is 1. The second-order valence-electron chi connectivity index (χ2n) is 5.70. The van der Waals surface area contributed by atoms with Crippen LogP contribution in [0.2, 0.25) is 5.02 Å². The number of benzene rings is 2. The molecular formula is C21H15ClN2O2S. The van der Waals surface area contributed by atoms with Crippen molar-refractivity contribution in [1.29, 1.82) is 5.26 Å². The average Bonchev–Trinajstić information content (AvgIpc) is 3.10. The Morgan fingerprint density at radius 3 is 2.48 bits per heavy atom. The molecule has 27 heavy (non-hydrogen) atoms. The van der Waals surface area contributed by atoms with E-state index in [9.17, 15) is 10.1 Å². The van der Waals surface area contributed by atoms with Crippen molar-refractivity contribution < 1.29 is 9.21 Å². The Bertz CT molecular complexity index is 1020. The average molecular weight is 395 g/mol. The zero-order valence-corrected chi connectivity index (χ0v) is 16.0. The Morgan fingerprint density at radius 2 is 1.81 bits per heavy atom. The molecule has 0 aliphatic heterocycles. The molecule has 0 fully saturated rings. The van der Waals surface area contributed by atoms with Gasteiger partial charge in [0.25, 0.3) is 5.91 Å². The normalized spacial score (nSPS) is 11.1. The highest BCUT2D eigenvalue weighted by Gasteiger charge is 2.11. The van der Waals surface area contributed by atoms with Crippen molar-refractivity contribution in [3.05, 3.63) is 82.6 Å². The summed E-state index contributed by atoms with van der Waals surface area (Å²) in [5, 5.41) is 13.3. The minimum Gasteiger partial charge on any atom is -0.450 e. The molecule has 6 heteroatoms. The van der Waals surface area contributed by atoms with E-state index in [0.717, 1.165) is 10.5 Å². The van der Waals surface area contributed by atoms with E-state index in [4.69, 9.17) is 16.0 Å². The van der Waals surface area contributed by atoms with Crippen molar-refractivity contribution in [2.24, 2.45) is 0 Å². The van der Waals surface area contributed by atoms with Crippen LogP contribution < -0.4 is 5.32 Å². The van der Waals surface area contributed by atoms with Crippen LogP contribution in [0.4, 0.5) is 5.69 Å². The number of anilines is 1. The molecule has 134 valence electrons. The zero-order chi connectivity index (χ0) is 19.2. The van der Waals surface area contributed by atoms with Crippen molar-refractivity contribution in [2.75, 3.05) is 5.32 Å². The van der Waals surface area contributed by atoms with Gasteiger partial charge in [0.15, 0.2) is 5.09 Å². The lowest BCUT2D eigenvalue weighted by Gasteiger charge is -2.04. The van der Waals surface area contributed by atoms with Gasteiger partial charge in [-0.1, -0.05) is 41.1 Å². The monoisotopic (exact) mass is 394 g/mol. The lowest BCUT2D eigenvalue weighted by atomic mass is 10.2. The number of hydrogen-bond acceptors (Lipinski definition) is 4. The van der Waals surface area contributed by atoms with Crippen LogP contribution in [0.3, 0.4) is 0 Å². The molecule has 1 heterocycles. The fraction of sp³-hybridized carbons (Fsp3) is 0.0476. The minimum atomic E-state index is -0.482. The third-order valence-electron chi connectivity index (χ3n) is 3.60. The number of carbonyl (C=O) groups excluding carboxylic acids is 1. The fourth-order valence-electron chi connectivity index (χ4n) is 2.21. The second kappa shape index (κ2) is 8.63. The van der Waals surface area contributed by atoms with Gasteiger partial charge in [-0.05, 0) is 55.5 Å². The molecule has 0 radical (unpaired) electrons. The molecule has 1 aromatic heterocycles. The molecule has 0 unspecified atom stereocenters. The second-order valence-corrected chi connectivity index (χ2v) is 7.22. The van der Waals surface area contributed by atoms with Crippen molar-refractivity contribution in [3.63, 3.8) is 0 Å². The van der Waals surface area contributed by atoms with Gasteiger partial charge in [0, 0.05) is 21.7 Å². The number of nitrogens with one attached hydrogen (secondary N) is 1. The molecule has 1 N–H and O–H groups in total. The molecule has 0 saturated carbocycles. The quantitative estimate of drug-likeness (QED) is 0.429. The van der Waals surface area contributed by atoms with Gasteiger partial charge < -0.3 is 9.73 Å². The SMILES string of the molecule is Cc1ccc(NC(=O)/C(C#N)=C/c2ccc(Sc3ccc(Cl)cc3)o2)cc1. The molecule has 0 aliphatic rings. The van der Waals surface area contributed by atoms with Crippen LogP contribution in [0.1, 0.15) is 11.3 Å². The summed E-state index contributed by atoms with van der Waals surface area (Å²) in [7, 11) is 0. The van der Waals surface area contributed by atoms with Gasteiger partial charge >= 0.3 is 0 Å². The number of nitrogens with zero attached hydrogens (tertiary/aromatic N) is 1. The number of halogens is 1. The van der Waals surface area contributed by atoms with Gasteiger partial charge in [-0.15, -0.1) is 0 Å². The van der Waals surface area contributed by atoms with Crippen molar-refractivity contribution in [1.82, 2.24) is 0 Å². The van der Waals surface area contributed by atoms with Crippen LogP contribution in [-0.4, -0.2) is 5.91 Å². The summed E-state index contributed by atoms with van der Waals surface area (Å²) in [5.74, 6) is -0.0493. The van der Waals surface area contributed by atoms with E-state index >= 15 is 0 Å². The molecule has 2 aromatic carbocycles. The largest absolute Gasteiger partial charge is 0.450 e. The lowest BCUT2D eigenvalue weighted by molar-refractivity contribution is -0.112. The van der Waals surface area contributed by atoms with Crippen molar-refractivity contribution >= 4 is 41.0 Å². The number of hydrogen-bond donors (Lipinski definition) is 1.